The average Bonchev–Trinajstić information content (AvgIpc) is 2.91. The molecule has 2 fully saturated rings. The van der Waals surface area contributed by atoms with Gasteiger partial charge in [-0.3, -0.25) is 0 Å². The average molecular weight is 485 g/mol. The summed E-state index contributed by atoms with van der Waals surface area (Å²) in [6.07, 6.45) is 19.6. The molecule has 5 nitrogen and oxygen atoms in total. The van der Waals surface area contributed by atoms with Gasteiger partial charge in [0.1, 0.15) is 11.9 Å². The molecule has 3 aliphatic rings. The van der Waals surface area contributed by atoms with Crippen LogP contribution in [0.5, 0.6) is 5.75 Å². The van der Waals surface area contributed by atoms with Crippen molar-refractivity contribution in [1.82, 2.24) is 0 Å². The fraction of sp³-hybridized carbons (Fsp3) is 0.700. The smallest absolute Gasteiger partial charge is 0.338 e. The third-order valence-electron chi connectivity index (χ3n) is 8.31. The fourth-order valence-corrected chi connectivity index (χ4v) is 6.12. The summed E-state index contributed by atoms with van der Waals surface area (Å²) < 4.78 is 22.8. The van der Waals surface area contributed by atoms with Crippen LogP contribution < -0.4 is 4.74 Å². The topological polar surface area (TPSA) is 54.0 Å². The van der Waals surface area contributed by atoms with Crippen LogP contribution in [0.2, 0.25) is 0 Å². The Hall–Kier alpha value is -1.85. The highest BCUT2D eigenvalue weighted by molar-refractivity contribution is 5.89. The molecule has 0 bridgehead atoms. The van der Waals surface area contributed by atoms with E-state index in [1.54, 1.807) is 31.4 Å². The number of carbonyl (C=O) groups excluding carboxylic acids is 1. The van der Waals surface area contributed by atoms with Crippen molar-refractivity contribution in [3.63, 3.8) is 0 Å². The van der Waals surface area contributed by atoms with Gasteiger partial charge in [0.05, 0.1) is 25.4 Å². The van der Waals surface area contributed by atoms with Crippen molar-refractivity contribution in [1.29, 1.82) is 0 Å². The van der Waals surface area contributed by atoms with Crippen LogP contribution in [0.25, 0.3) is 0 Å². The van der Waals surface area contributed by atoms with Gasteiger partial charge in [0.25, 0.3) is 0 Å². The SMILES string of the molecule is CCCCCC1CCC(C2CCC(OC3C=CC(OC(=O)c4ccc(OC)cc4)CO3)CC2)CC1. The zero-order chi connectivity index (χ0) is 24.5. The van der Waals surface area contributed by atoms with E-state index < -0.39 is 6.10 Å². The highest BCUT2D eigenvalue weighted by Gasteiger charge is 2.32. The number of unbranched alkanes of at least 4 members (excludes halogenated alkanes) is 2. The second kappa shape index (κ2) is 13.5. The molecule has 0 amide bonds. The number of benzene rings is 1. The maximum atomic E-state index is 12.4. The van der Waals surface area contributed by atoms with Gasteiger partial charge in [0.15, 0.2) is 6.29 Å². The van der Waals surface area contributed by atoms with E-state index in [-0.39, 0.29) is 18.4 Å². The van der Waals surface area contributed by atoms with Gasteiger partial charge >= 0.3 is 5.97 Å². The molecular weight excluding hydrogens is 440 g/mol. The summed E-state index contributed by atoms with van der Waals surface area (Å²) in [5, 5.41) is 0. The van der Waals surface area contributed by atoms with Gasteiger partial charge in [-0.1, -0.05) is 45.4 Å². The Morgan fingerprint density at radius 1 is 0.914 bits per heavy atom. The summed E-state index contributed by atoms with van der Waals surface area (Å²) in [5.74, 6) is 3.16. The van der Waals surface area contributed by atoms with Crippen LogP contribution in [0.1, 0.15) is 94.3 Å². The Bertz CT molecular complexity index is 787. The van der Waals surface area contributed by atoms with E-state index in [2.05, 4.69) is 6.92 Å². The molecule has 35 heavy (non-hydrogen) atoms. The van der Waals surface area contributed by atoms with E-state index in [1.807, 2.05) is 12.2 Å². The number of ether oxygens (including phenoxy) is 4. The first-order valence-corrected chi connectivity index (χ1v) is 13.9. The first-order chi connectivity index (χ1) is 17.1. The summed E-state index contributed by atoms with van der Waals surface area (Å²) in [6, 6.07) is 6.91. The highest BCUT2D eigenvalue weighted by atomic mass is 16.7. The van der Waals surface area contributed by atoms with Crippen LogP contribution >= 0.6 is 0 Å². The minimum Gasteiger partial charge on any atom is -0.497 e. The first-order valence-electron chi connectivity index (χ1n) is 13.9. The van der Waals surface area contributed by atoms with E-state index >= 15 is 0 Å². The zero-order valence-electron chi connectivity index (χ0n) is 21.7. The minimum atomic E-state index is -0.391. The molecule has 1 aromatic carbocycles. The number of hydrogen-bond acceptors (Lipinski definition) is 5. The predicted molar refractivity (Wildman–Crippen MR) is 137 cm³/mol. The van der Waals surface area contributed by atoms with Crippen LogP contribution in [0, 0.1) is 17.8 Å². The van der Waals surface area contributed by atoms with E-state index in [1.165, 1.54) is 64.2 Å². The zero-order valence-corrected chi connectivity index (χ0v) is 21.7. The van der Waals surface area contributed by atoms with E-state index in [9.17, 15) is 4.79 Å². The quantitative estimate of drug-likeness (QED) is 0.201. The van der Waals surface area contributed by atoms with Crippen LogP contribution in [-0.4, -0.2) is 38.2 Å². The van der Waals surface area contributed by atoms with Crippen molar-refractivity contribution in [3.05, 3.63) is 42.0 Å². The van der Waals surface area contributed by atoms with Gasteiger partial charge in [-0.25, -0.2) is 4.79 Å². The molecular formula is C30H44O5. The molecule has 0 aromatic heterocycles. The van der Waals surface area contributed by atoms with Crippen LogP contribution in [0.4, 0.5) is 0 Å². The maximum absolute atomic E-state index is 12.4. The molecule has 0 spiro atoms. The number of methoxy groups -OCH3 is 1. The van der Waals surface area contributed by atoms with Gasteiger partial charge in [-0.2, -0.15) is 0 Å². The van der Waals surface area contributed by atoms with Crippen molar-refractivity contribution < 1.29 is 23.7 Å². The van der Waals surface area contributed by atoms with Crippen LogP contribution in [0.15, 0.2) is 36.4 Å². The lowest BCUT2D eigenvalue weighted by atomic mass is 9.70. The number of esters is 1. The molecule has 1 aromatic rings. The summed E-state index contributed by atoms with van der Waals surface area (Å²) >= 11 is 0. The first kappa shape index (κ1) is 26.2. The Labute approximate surface area is 211 Å². The van der Waals surface area contributed by atoms with E-state index in [0.29, 0.717) is 17.9 Å². The molecule has 4 rings (SSSR count). The Morgan fingerprint density at radius 2 is 1.60 bits per heavy atom. The fourth-order valence-electron chi connectivity index (χ4n) is 6.12. The van der Waals surface area contributed by atoms with Crippen LogP contribution in [0.3, 0.4) is 0 Å². The molecule has 1 heterocycles. The predicted octanol–water partition coefficient (Wildman–Crippen LogP) is 7.10. The van der Waals surface area contributed by atoms with Gasteiger partial charge < -0.3 is 18.9 Å². The lowest BCUT2D eigenvalue weighted by Gasteiger charge is -2.38. The number of rotatable bonds is 10. The van der Waals surface area contributed by atoms with Gasteiger partial charge in [-0.15, -0.1) is 0 Å². The molecule has 0 N–H and O–H groups in total. The van der Waals surface area contributed by atoms with Gasteiger partial charge in [0.2, 0.25) is 0 Å². The Morgan fingerprint density at radius 3 is 2.20 bits per heavy atom. The van der Waals surface area contributed by atoms with Crippen molar-refractivity contribution >= 4 is 5.97 Å². The van der Waals surface area contributed by atoms with Crippen molar-refractivity contribution in [2.45, 2.75) is 102 Å². The van der Waals surface area contributed by atoms with E-state index in [0.717, 1.165) is 30.6 Å². The molecule has 0 radical (unpaired) electrons. The number of hydrogen-bond donors (Lipinski definition) is 0. The summed E-state index contributed by atoms with van der Waals surface area (Å²) in [6.45, 7) is 2.62. The highest BCUT2D eigenvalue weighted by Crippen LogP contribution is 2.41. The third kappa shape index (κ3) is 7.82. The molecule has 2 saturated carbocycles. The van der Waals surface area contributed by atoms with Crippen molar-refractivity contribution in [3.8, 4) is 5.75 Å². The monoisotopic (exact) mass is 484 g/mol. The van der Waals surface area contributed by atoms with Gasteiger partial charge in [0, 0.05) is 0 Å². The summed E-state index contributed by atoms with van der Waals surface area (Å²) in [4.78, 5) is 12.4. The molecule has 5 heteroatoms. The minimum absolute atomic E-state index is 0.268. The second-order valence-corrected chi connectivity index (χ2v) is 10.7. The molecule has 194 valence electrons. The Balaban J connectivity index is 1.13. The lowest BCUT2D eigenvalue weighted by molar-refractivity contribution is -0.168. The van der Waals surface area contributed by atoms with Crippen LogP contribution in [-0.2, 0) is 14.2 Å². The van der Waals surface area contributed by atoms with Gasteiger partial charge in [-0.05, 0) is 92.7 Å². The van der Waals surface area contributed by atoms with Crippen molar-refractivity contribution in [2.75, 3.05) is 13.7 Å². The Kier molecular flexibility index (Phi) is 10.1. The summed E-state index contributed by atoms with van der Waals surface area (Å²) in [7, 11) is 1.60. The molecule has 2 atom stereocenters. The normalized spacial score (nSPS) is 31.1. The maximum Gasteiger partial charge on any atom is 0.338 e. The molecule has 0 saturated heterocycles. The number of carbonyl (C=O) groups is 1. The molecule has 2 aliphatic carbocycles. The largest absolute Gasteiger partial charge is 0.497 e. The lowest BCUT2D eigenvalue weighted by Crippen LogP contribution is -2.34. The molecule has 2 unspecified atom stereocenters. The van der Waals surface area contributed by atoms with E-state index in [4.69, 9.17) is 18.9 Å². The summed E-state index contributed by atoms with van der Waals surface area (Å²) in [5.41, 5.74) is 0.499. The standard InChI is InChI=1S/C30H44O5/c1-3-4-5-6-22-7-9-23(10-8-22)24-11-17-27(18-12-24)34-29-20-19-28(21-33-29)35-30(31)25-13-15-26(32-2)16-14-25/h13-16,19-20,22-24,27-29H,3-12,17-18,21H2,1-2H3. The second-order valence-electron chi connectivity index (χ2n) is 10.7. The van der Waals surface area contributed by atoms with Crippen molar-refractivity contribution in [2.24, 2.45) is 17.8 Å². The third-order valence-corrected chi connectivity index (χ3v) is 8.31. The molecule has 1 aliphatic heterocycles.